The lowest BCUT2D eigenvalue weighted by molar-refractivity contribution is 0.0301. The summed E-state index contributed by atoms with van der Waals surface area (Å²) in [6, 6.07) is 8.35. The van der Waals surface area contributed by atoms with Crippen molar-refractivity contribution < 1.29 is 4.74 Å². The number of nitrogens with two attached hydrogens (primary N) is 1. The molecule has 2 saturated carbocycles. The van der Waals surface area contributed by atoms with Gasteiger partial charge in [-0.15, -0.1) is 0 Å². The predicted molar refractivity (Wildman–Crippen MR) is 82.7 cm³/mol. The molecule has 0 amide bonds. The molecule has 0 heterocycles. The lowest BCUT2D eigenvalue weighted by Crippen LogP contribution is -2.38. The zero-order chi connectivity index (χ0) is 14.5. The van der Waals surface area contributed by atoms with Gasteiger partial charge in [-0.3, -0.25) is 0 Å². The van der Waals surface area contributed by atoms with Crippen molar-refractivity contribution >= 4 is 0 Å². The van der Waals surface area contributed by atoms with Gasteiger partial charge in [-0.1, -0.05) is 32.9 Å². The zero-order valence-electron chi connectivity index (χ0n) is 13.1. The molecule has 20 heavy (non-hydrogen) atoms. The number of hydrogen-bond acceptors (Lipinski definition) is 2. The second-order valence-electron chi connectivity index (χ2n) is 7.58. The summed E-state index contributed by atoms with van der Waals surface area (Å²) in [6.45, 7) is 9.28. The van der Waals surface area contributed by atoms with E-state index < -0.39 is 0 Å². The highest BCUT2D eigenvalue weighted by molar-refractivity contribution is 5.31. The highest BCUT2D eigenvalue weighted by Gasteiger charge is 2.62. The molecule has 2 aliphatic carbocycles. The minimum atomic E-state index is 0.0607. The summed E-state index contributed by atoms with van der Waals surface area (Å²) in [4.78, 5) is 0. The number of fused-ring (bicyclic) bond motifs is 2. The van der Waals surface area contributed by atoms with Gasteiger partial charge < -0.3 is 10.5 Å². The molecular formula is C18H27NO. The summed E-state index contributed by atoms with van der Waals surface area (Å²) < 4.78 is 6.38. The molecule has 0 aromatic heterocycles. The van der Waals surface area contributed by atoms with Gasteiger partial charge in [0.15, 0.2) is 0 Å². The van der Waals surface area contributed by atoms with Crippen LogP contribution in [0.5, 0.6) is 5.75 Å². The second-order valence-corrected chi connectivity index (χ2v) is 7.58. The van der Waals surface area contributed by atoms with Gasteiger partial charge in [-0.05, 0) is 55.2 Å². The van der Waals surface area contributed by atoms with E-state index in [-0.39, 0.29) is 6.04 Å². The molecule has 2 heteroatoms. The largest absolute Gasteiger partial charge is 0.490 e. The van der Waals surface area contributed by atoms with E-state index >= 15 is 0 Å². The SMILES string of the molecule is CC(N)c1cccc(OC2CC3CCC2(C)C3(C)C)c1. The van der Waals surface area contributed by atoms with Crippen LogP contribution in [0.15, 0.2) is 24.3 Å². The first-order valence-corrected chi connectivity index (χ1v) is 7.87. The highest BCUT2D eigenvalue weighted by Crippen LogP contribution is 2.66. The molecule has 2 aliphatic rings. The van der Waals surface area contributed by atoms with E-state index in [2.05, 4.69) is 45.0 Å². The van der Waals surface area contributed by atoms with Crippen LogP contribution >= 0.6 is 0 Å². The molecule has 0 radical (unpaired) electrons. The van der Waals surface area contributed by atoms with Crippen LogP contribution in [-0.4, -0.2) is 6.10 Å². The summed E-state index contributed by atoms with van der Waals surface area (Å²) >= 11 is 0. The van der Waals surface area contributed by atoms with Crippen molar-refractivity contribution in [3.05, 3.63) is 29.8 Å². The third-order valence-electron chi connectivity index (χ3n) is 6.38. The summed E-state index contributed by atoms with van der Waals surface area (Å²) in [7, 11) is 0. The first-order valence-electron chi connectivity index (χ1n) is 7.87. The summed E-state index contributed by atoms with van der Waals surface area (Å²) in [5.41, 5.74) is 7.82. The molecule has 2 bridgehead atoms. The maximum atomic E-state index is 6.38. The van der Waals surface area contributed by atoms with Crippen molar-refractivity contribution in [3.8, 4) is 5.75 Å². The molecule has 2 nitrogen and oxygen atoms in total. The van der Waals surface area contributed by atoms with E-state index in [1.807, 2.05) is 6.92 Å². The summed E-state index contributed by atoms with van der Waals surface area (Å²) in [5.74, 6) is 1.79. The predicted octanol–water partition coefficient (Wildman–Crippen LogP) is 4.30. The summed E-state index contributed by atoms with van der Waals surface area (Å²) in [6.07, 6.45) is 4.21. The molecule has 110 valence electrons. The van der Waals surface area contributed by atoms with E-state index in [1.165, 1.54) is 19.3 Å². The minimum absolute atomic E-state index is 0.0607. The average Bonchev–Trinajstić information content (AvgIpc) is 2.72. The molecule has 2 N–H and O–H groups in total. The molecule has 4 unspecified atom stereocenters. The Labute approximate surface area is 122 Å². The molecule has 0 aliphatic heterocycles. The maximum Gasteiger partial charge on any atom is 0.120 e. The molecule has 3 rings (SSSR count). The first kappa shape index (κ1) is 13.9. The second kappa shape index (κ2) is 4.49. The fourth-order valence-electron chi connectivity index (χ4n) is 4.34. The van der Waals surface area contributed by atoms with E-state index in [1.54, 1.807) is 0 Å². The number of hydrogen-bond donors (Lipinski definition) is 1. The van der Waals surface area contributed by atoms with E-state index in [0.29, 0.717) is 16.9 Å². The third kappa shape index (κ3) is 1.88. The van der Waals surface area contributed by atoms with E-state index in [4.69, 9.17) is 10.5 Å². The van der Waals surface area contributed by atoms with Gasteiger partial charge >= 0.3 is 0 Å². The fraction of sp³-hybridized carbons (Fsp3) is 0.667. The topological polar surface area (TPSA) is 35.2 Å². The Bertz CT molecular complexity index is 508. The number of ether oxygens (including phenoxy) is 1. The Hall–Kier alpha value is -1.02. The van der Waals surface area contributed by atoms with Crippen LogP contribution in [0, 0.1) is 16.7 Å². The van der Waals surface area contributed by atoms with Gasteiger partial charge in [0.1, 0.15) is 11.9 Å². The molecule has 2 fully saturated rings. The Morgan fingerprint density at radius 2 is 2.05 bits per heavy atom. The van der Waals surface area contributed by atoms with Crippen molar-refractivity contribution in [3.63, 3.8) is 0 Å². The van der Waals surface area contributed by atoms with Gasteiger partial charge in [0, 0.05) is 11.5 Å². The molecule has 1 aromatic carbocycles. The van der Waals surface area contributed by atoms with Gasteiger partial charge in [-0.2, -0.15) is 0 Å². The van der Waals surface area contributed by atoms with Gasteiger partial charge in [-0.25, -0.2) is 0 Å². The van der Waals surface area contributed by atoms with Crippen LogP contribution in [-0.2, 0) is 0 Å². The molecule has 1 aromatic rings. The smallest absolute Gasteiger partial charge is 0.120 e. The molecular weight excluding hydrogens is 246 g/mol. The van der Waals surface area contributed by atoms with Crippen molar-refractivity contribution in [2.24, 2.45) is 22.5 Å². The summed E-state index contributed by atoms with van der Waals surface area (Å²) in [5, 5.41) is 0. The lowest BCUT2D eigenvalue weighted by Gasteiger charge is -2.39. The Kier molecular flexibility index (Phi) is 3.13. The average molecular weight is 273 g/mol. The lowest BCUT2D eigenvalue weighted by atomic mass is 9.70. The van der Waals surface area contributed by atoms with Crippen LogP contribution in [0.4, 0.5) is 0 Å². The normalized spacial score (nSPS) is 36.0. The number of benzene rings is 1. The van der Waals surface area contributed by atoms with Crippen molar-refractivity contribution in [1.82, 2.24) is 0 Å². The Morgan fingerprint density at radius 3 is 2.60 bits per heavy atom. The molecule has 0 saturated heterocycles. The third-order valence-corrected chi connectivity index (χ3v) is 6.38. The standard InChI is InChI=1S/C18H27NO/c1-12(19)13-6-5-7-15(10-13)20-16-11-14-8-9-18(16,4)17(14,2)3/h5-7,10,12,14,16H,8-9,11,19H2,1-4H3. The monoisotopic (exact) mass is 273 g/mol. The van der Waals surface area contributed by atoms with Gasteiger partial charge in [0.25, 0.3) is 0 Å². The number of rotatable bonds is 3. The van der Waals surface area contributed by atoms with Crippen LogP contribution < -0.4 is 10.5 Å². The molecule has 4 atom stereocenters. The fourth-order valence-corrected chi connectivity index (χ4v) is 4.34. The van der Waals surface area contributed by atoms with Gasteiger partial charge in [0.2, 0.25) is 0 Å². The molecule has 0 spiro atoms. The van der Waals surface area contributed by atoms with Crippen LogP contribution in [0.2, 0.25) is 0 Å². The van der Waals surface area contributed by atoms with E-state index in [9.17, 15) is 0 Å². The van der Waals surface area contributed by atoms with Crippen molar-refractivity contribution in [1.29, 1.82) is 0 Å². The quantitative estimate of drug-likeness (QED) is 0.891. The Balaban J connectivity index is 1.81. The maximum absolute atomic E-state index is 6.38. The zero-order valence-corrected chi connectivity index (χ0v) is 13.1. The van der Waals surface area contributed by atoms with Crippen LogP contribution in [0.3, 0.4) is 0 Å². The first-order chi connectivity index (χ1) is 9.34. The highest BCUT2D eigenvalue weighted by atomic mass is 16.5. The van der Waals surface area contributed by atoms with E-state index in [0.717, 1.165) is 17.2 Å². The van der Waals surface area contributed by atoms with Crippen LogP contribution in [0.1, 0.15) is 58.6 Å². The van der Waals surface area contributed by atoms with Crippen LogP contribution in [0.25, 0.3) is 0 Å². The Morgan fingerprint density at radius 1 is 1.30 bits per heavy atom. The minimum Gasteiger partial charge on any atom is -0.490 e. The van der Waals surface area contributed by atoms with Crippen molar-refractivity contribution in [2.45, 2.75) is 59.1 Å². The van der Waals surface area contributed by atoms with Gasteiger partial charge in [0.05, 0.1) is 0 Å². The van der Waals surface area contributed by atoms with Crippen molar-refractivity contribution in [2.75, 3.05) is 0 Å².